The molecule has 2 saturated carbocycles. The molecule has 0 aromatic carbocycles. The van der Waals surface area contributed by atoms with Crippen molar-refractivity contribution in [1.82, 2.24) is 0 Å². The van der Waals surface area contributed by atoms with Crippen molar-refractivity contribution in [2.75, 3.05) is 26.9 Å². The lowest BCUT2D eigenvalue weighted by Crippen LogP contribution is -2.62. The third-order valence-corrected chi connectivity index (χ3v) is 15.2. The van der Waals surface area contributed by atoms with E-state index in [1.807, 2.05) is 7.11 Å². The standard InChI is InChI=1S/C39H69NO5/c1-24(2)26(4)35(8)18-19-37(10)29-15-14-27-21-44-22-36(27,9)32(45-23-39(12,40)34(5,6)7)30(43-13)20-25(3)28(29)16-17-38(37,11)31(35)33(41)42/h16,24-27,29-32H,14-15,17-23,40H2,1-13H3,(H,41,42)/t25-,26+,27+,29-,30+,31+,32-,35+,36+,37+,38-,39-/m0/s1. The Kier molecular flexibility index (Phi) is 10.2. The summed E-state index contributed by atoms with van der Waals surface area (Å²) in [4.78, 5) is 13.4. The van der Waals surface area contributed by atoms with Crippen LogP contribution in [0.2, 0.25) is 0 Å². The molecule has 3 N–H and O–H groups in total. The van der Waals surface area contributed by atoms with Crippen LogP contribution in [0, 0.1) is 62.6 Å². The first kappa shape index (κ1) is 36.9. The van der Waals surface area contributed by atoms with E-state index >= 15 is 0 Å². The Morgan fingerprint density at radius 3 is 2.29 bits per heavy atom. The van der Waals surface area contributed by atoms with Gasteiger partial charge in [0.1, 0.15) is 0 Å². The van der Waals surface area contributed by atoms with E-state index in [-0.39, 0.29) is 45.2 Å². The highest BCUT2D eigenvalue weighted by atomic mass is 16.5. The summed E-state index contributed by atoms with van der Waals surface area (Å²) in [6, 6.07) is 0. The molecule has 0 amide bonds. The first-order valence-electron chi connectivity index (χ1n) is 18.0. The molecule has 0 aromatic heterocycles. The second kappa shape index (κ2) is 12.5. The fourth-order valence-corrected chi connectivity index (χ4v) is 10.5. The lowest BCUT2D eigenvalue weighted by Gasteiger charge is -2.66. The lowest BCUT2D eigenvalue weighted by molar-refractivity contribution is -0.192. The monoisotopic (exact) mass is 632 g/mol. The van der Waals surface area contributed by atoms with Crippen LogP contribution in [0.4, 0.5) is 0 Å². The van der Waals surface area contributed by atoms with Crippen LogP contribution in [0.3, 0.4) is 0 Å². The minimum absolute atomic E-state index is 0.0981. The van der Waals surface area contributed by atoms with Crippen molar-refractivity contribution >= 4 is 5.97 Å². The predicted octanol–water partition coefficient (Wildman–Crippen LogP) is 8.37. The maximum absolute atomic E-state index is 13.4. The van der Waals surface area contributed by atoms with Gasteiger partial charge in [0.05, 0.1) is 37.9 Å². The van der Waals surface area contributed by atoms with Crippen LogP contribution >= 0.6 is 0 Å². The molecule has 0 unspecified atom stereocenters. The highest BCUT2D eigenvalue weighted by Crippen LogP contribution is 2.70. The van der Waals surface area contributed by atoms with Crippen LogP contribution in [-0.2, 0) is 19.0 Å². The van der Waals surface area contributed by atoms with Gasteiger partial charge in [-0.3, -0.25) is 4.79 Å². The number of carboxylic acids is 1. The molecule has 0 spiro atoms. The molecule has 4 rings (SSSR count). The zero-order valence-corrected chi connectivity index (χ0v) is 31.2. The van der Waals surface area contributed by atoms with Gasteiger partial charge in [0.25, 0.3) is 0 Å². The van der Waals surface area contributed by atoms with Gasteiger partial charge in [-0.25, -0.2) is 0 Å². The minimum Gasteiger partial charge on any atom is -0.481 e. The van der Waals surface area contributed by atoms with Gasteiger partial charge in [-0.05, 0) is 96.7 Å². The maximum Gasteiger partial charge on any atom is 0.307 e. The number of ether oxygens (including phenoxy) is 3. The van der Waals surface area contributed by atoms with Crippen molar-refractivity contribution in [2.24, 2.45) is 68.3 Å². The molecule has 45 heavy (non-hydrogen) atoms. The summed E-state index contributed by atoms with van der Waals surface area (Å²) >= 11 is 0. The number of rotatable bonds is 7. The van der Waals surface area contributed by atoms with Gasteiger partial charge in [0.15, 0.2) is 0 Å². The van der Waals surface area contributed by atoms with Gasteiger partial charge in [-0.15, -0.1) is 0 Å². The van der Waals surface area contributed by atoms with Crippen molar-refractivity contribution < 1.29 is 24.1 Å². The molecule has 1 aliphatic heterocycles. The minimum atomic E-state index is -0.610. The smallest absolute Gasteiger partial charge is 0.307 e. The van der Waals surface area contributed by atoms with Crippen molar-refractivity contribution in [2.45, 2.75) is 139 Å². The Bertz CT molecular complexity index is 1110. The number of carboxylic acid groups (broad SMARTS) is 1. The van der Waals surface area contributed by atoms with E-state index in [0.717, 1.165) is 45.1 Å². The SMILES string of the molecule is CO[C@@H]1C[C@H](C)C2=CC[C@@]3(C)[C@H](C(=O)O)[C@@](C)([C@H](C)C(C)C)CC[C@]3(C)[C@H]2CC[C@@H]2COC[C@@]2(C)[C@H]1OC[C@](C)(N)C(C)(C)C. The zero-order valence-electron chi connectivity index (χ0n) is 31.2. The molecule has 0 bridgehead atoms. The second-order valence-electron chi connectivity index (χ2n) is 18.7. The van der Waals surface area contributed by atoms with Crippen LogP contribution in [0.15, 0.2) is 11.6 Å². The van der Waals surface area contributed by atoms with Gasteiger partial charge in [0, 0.05) is 18.1 Å². The fourth-order valence-electron chi connectivity index (χ4n) is 10.5. The van der Waals surface area contributed by atoms with Crippen molar-refractivity contribution in [3.05, 3.63) is 11.6 Å². The largest absolute Gasteiger partial charge is 0.481 e. The Morgan fingerprint density at radius 1 is 1.09 bits per heavy atom. The van der Waals surface area contributed by atoms with Gasteiger partial charge >= 0.3 is 5.97 Å². The molecule has 1 saturated heterocycles. The first-order valence-corrected chi connectivity index (χ1v) is 18.0. The predicted molar refractivity (Wildman–Crippen MR) is 183 cm³/mol. The summed E-state index contributed by atoms with van der Waals surface area (Å²) in [5.74, 6) is 0.736. The van der Waals surface area contributed by atoms with E-state index in [1.54, 1.807) is 0 Å². The number of fused-ring (bicyclic) bond motifs is 4. The Hall–Kier alpha value is -0.950. The third kappa shape index (κ3) is 5.99. The van der Waals surface area contributed by atoms with E-state index in [2.05, 4.69) is 89.2 Å². The molecule has 6 heteroatoms. The summed E-state index contributed by atoms with van der Waals surface area (Å²) in [5.41, 5.74) is 6.90. The van der Waals surface area contributed by atoms with Crippen LogP contribution in [-0.4, -0.2) is 55.8 Å². The molecule has 260 valence electrons. The van der Waals surface area contributed by atoms with E-state index in [0.29, 0.717) is 42.8 Å². The van der Waals surface area contributed by atoms with Crippen LogP contribution in [0.1, 0.15) is 122 Å². The molecule has 1 heterocycles. The van der Waals surface area contributed by atoms with E-state index in [4.69, 9.17) is 19.9 Å². The van der Waals surface area contributed by atoms with E-state index < -0.39 is 11.5 Å². The second-order valence-corrected chi connectivity index (χ2v) is 18.7. The van der Waals surface area contributed by atoms with Crippen LogP contribution in [0.25, 0.3) is 0 Å². The molecule has 0 radical (unpaired) electrons. The molecule has 12 atom stereocenters. The van der Waals surface area contributed by atoms with E-state index in [1.165, 1.54) is 5.57 Å². The van der Waals surface area contributed by atoms with Gasteiger partial charge < -0.3 is 25.1 Å². The Labute approximate surface area is 276 Å². The summed E-state index contributed by atoms with van der Waals surface area (Å²) in [6.45, 7) is 29.1. The van der Waals surface area contributed by atoms with Gasteiger partial charge in [0.2, 0.25) is 0 Å². The summed E-state index contributed by atoms with van der Waals surface area (Å²) < 4.78 is 19.6. The van der Waals surface area contributed by atoms with Crippen LogP contribution < -0.4 is 5.73 Å². The van der Waals surface area contributed by atoms with Crippen molar-refractivity contribution in [3.8, 4) is 0 Å². The average molecular weight is 632 g/mol. The molecule has 3 aliphatic carbocycles. The average Bonchev–Trinajstić information content (AvgIpc) is 3.30. The maximum atomic E-state index is 13.4. The summed E-state index contributed by atoms with van der Waals surface area (Å²) in [5, 5.41) is 11.0. The molecular weight excluding hydrogens is 562 g/mol. The fraction of sp³-hybridized carbons (Fsp3) is 0.923. The highest BCUT2D eigenvalue weighted by Gasteiger charge is 2.66. The number of hydrogen-bond donors (Lipinski definition) is 2. The quantitative estimate of drug-likeness (QED) is 0.274. The Balaban J connectivity index is 1.76. The molecular formula is C39H69NO5. The normalized spacial score (nSPS) is 44.6. The number of aliphatic carboxylic acids is 1. The third-order valence-electron chi connectivity index (χ3n) is 15.2. The van der Waals surface area contributed by atoms with Crippen molar-refractivity contribution in [1.29, 1.82) is 0 Å². The number of carbonyl (C=O) groups is 1. The molecule has 6 nitrogen and oxygen atoms in total. The number of methoxy groups -OCH3 is 1. The first-order chi connectivity index (χ1) is 20.6. The van der Waals surface area contributed by atoms with Crippen molar-refractivity contribution in [3.63, 3.8) is 0 Å². The number of nitrogens with two attached hydrogens (primary N) is 1. The number of allylic oxidation sites excluding steroid dienone is 2. The molecule has 0 aromatic rings. The van der Waals surface area contributed by atoms with E-state index in [9.17, 15) is 9.90 Å². The summed E-state index contributed by atoms with van der Waals surface area (Å²) in [6.07, 6.45) is 8.03. The number of hydrogen-bond acceptors (Lipinski definition) is 5. The lowest BCUT2D eigenvalue weighted by atomic mass is 9.37. The topological polar surface area (TPSA) is 91.0 Å². The highest BCUT2D eigenvalue weighted by molar-refractivity contribution is 5.73. The molecule has 4 aliphatic rings. The molecule has 3 fully saturated rings. The van der Waals surface area contributed by atoms with Gasteiger partial charge in [-0.2, -0.15) is 0 Å². The Morgan fingerprint density at radius 2 is 1.73 bits per heavy atom. The van der Waals surface area contributed by atoms with Gasteiger partial charge in [-0.1, -0.05) is 87.8 Å². The zero-order chi connectivity index (χ0) is 34.0. The summed E-state index contributed by atoms with van der Waals surface area (Å²) in [7, 11) is 1.83. The van der Waals surface area contributed by atoms with Crippen LogP contribution in [0.5, 0.6) is 0 Å².